The van der Waals surface area contributed by atoms with E-state index in [1.165, 1.54) is 11.0 Å². The molecule has 1 heterocycles. The van der Waals surface area contributed by atoms with Gasteiger partial charge >= 0.3 is 6.09 Å². The van der Waals surface area contributed by atoms with Crippen LogP contribution in [-0.2, 0) is 0 Å². The molecule has 7 heteroatoms. The molecule has 0 radical (unpaired) electrons. The van der Waals surface area contributed by atoms with Gasteiger partial charge in [-0.3, -0.25) is 0 Å². The van der Waals surface area contributed by atoms with E-state index in [1.54, 1.807) is 14.1 Å². The fourth-order valence-corrected chi connectivity index (χ4v) is 2.24. The van der Waals surface area contributed by atoms with Crippen LogP contribution in [0.25, 0.3) is 0 Å². The van der Waals surface area contributed by atoms with Gasteiger partial charge in [0, 0.05) is 20.2 Å². The fourth-order valence-electron chi connectivity index (χ4n) is 2.10. The van der Waals surface area contributed by atoms with Crippen LogP contribution in [-0.4, -0.2) is 35.3 Å². The summed E-state index contributed by atoms with van der Waals surface area (Å²) in [6.07, 6.45) is -0.558. The van der Waals surface area contributed by atoms with Crippen molar-refractivity contribution >= 4 is 17.7 Å². The third kappa shape index (κ3) is 3.76. The first kappa shape index (κ1) is 18.0. The molecule has 0 aliphatic heterocycles. The Labute approximate surface area is 146 Å². The van der Waals surface area contributed by atoms with Gasteiger partial charge in [-0.1, -0.05) is 17.7 Å². The van der Waals surface area contributed by atoms with Crippen LogP contribution in [0, 0.1) is 27.7 Å². The number of rotatable bonds is 3. The predicted molar refractivity (Wildman–Crippen MR) is 92.2 cm³/mol. The van der Waals surface area contributed by atoms with Crippen molar-refractivity contribution in [1.82, 2.24) is 15.1 Å². The number of aryl methyl sites for hydroxylation is 2. The summed E-state index contributed by atoms with van der Waals surface area (Å²) in [4.78, 5) is 13.1. The van der Waals surface area contributed by atoms with E-state index in [0.29, 0.717) is 5.75 Å². The van der Waals surface area contributed by atoms with Gasteiger partial charge in [-0.05, 0) is 49.9 Å². The van der Waals surface area contributed by atoms with Crippen LogP contribution in [0.15, 0.2) is 12.1 Å². The molecule has 6 nitrogen and oxygen atoms in total. The molecule has 2 rings (SSSR count). The molecule has 0 saturated carbocycles. The van der Waals surface area contributed by atoms with Gasteiger partial charge in [0.05, 0.1) is 0 Å². The highest BCUT2D eigenvalue weighted by Gasteiger charge is 2.18. The average Bonchev–Trinajstić information content (AvgIpc) is 2.51. The molecule has 0 atom stereocenters. The molecule has 1 amide bonds. The van der Waals surface area contributed by atoms with Gasteiger partial charge in [0.2, 0.25) is 0 Å². The number of benzene rings is 1. The van der Waals surface area contributed by atoms with Crippen LogP contribution in [0.5, 0.6) is 17.4 Å². The predicted octanol–water partition coefficient (Wildman–Crippen LogP) is 4.22. The Hall–Kier alpha value is -2.34. The Morgan fingerprint density at radius 3 is 2.17 bits per heavy atom. The number of amides is 1. The monoisotopic (exact) mass is 349 g/mol. The molecule has 1 aromatic carbocycles. The summed E-state index contributed by atoms with van der Waals surface area (Å²) in [7, 11) is 3.16. The van der Waals surface area contributed by atoms with Crippen molar-refractivity contribution in [1.29, 1.82) is 0 Å². The number of halogens is 1. The topological polar surface area (TPSA) is 64.6 Å². The number of nitrogens with zero attached hydrogens (tertiary/aromatic N) is 3. The van der Waals surface area contributed by atoms with Gasteiger partial charge < -0.3 is 14.4 Å². The number of aromatic nitrogens is 2. The zero-order valence-corrected chi connectivity index (χ0v) is 15.4. The molecule has 0 N–H and O–H groups in total. The summed E-state index contributed by atoms with van der Waals surface area (Å²) in [5, 5.41) is 7.81. The number of hydrogen-bond acceptors (Lipinski definition) is 5. The highest BCUT2D eigenvalue weighted by molar-refractivity contribution is 6.29. The lowest BCUT2D eigenvalue weighted by molar-refractivity contribution is 0.170. The SMILES string of the molecule is Cc1cc(C)c(C)c(Oc2nnc(Cl)cc2OC(=O)N(C)C)c1C. The third-order valence-corrected chi connectivity index (χ3v) is 3.94. The molecular formula is C17H20ClN3O3. The van der Waals surface area contributed by atoms with Crippen molar-refractivity contribution in [3.63, 3.8) is 0 Å². The Balaban J connectivity index is 2.46. The minimum absolute atomic E-state index is 0.0887. The molecule has 0 spiro atoms. The Morgan fingerprint density at radius 2 is 1.62 bits per heavy atom. The summed E-state index contributed by atoms with van der Waals surface area (Å²) in [6.45, 7) is 7.95. The van der Waals surface area contributed by atoms with Crippen LogP contribution >= 0.6 is 11.6 Å². The highest BCUT2D eigenvalue weighted by Crippen LogP contribution is 2.36. The van der Waals surface area contributed by atoms with Gasteiger partial charge in [-0.15, -0.1) is 10.2 Å². The zero-order valence-electron chi connectivity index (χ0n) is 14.6. The fraction of sp³-hybridized carbons (Fsp3) is 0.353. The summed E-state index contributed by atoms with van der Waals surface area (Å²) in [5.74, 6) is 0.878. The van der Waals surface area contributed by atoms with Crippen LogP contribution in [0.3, 0.4) is 0 Å². The van der Waals surface area contributed by atoms with E-state index >= 15 is 0 Å². The van der Waals surface area contributed by atoms with Crippen LogP contribution in [0.1, 0.15) is 22.3 Å². The molecular weight excluding hydrogens is 330 g/mol. The van der Waals surface area contributed by atoms with E-state index in [2.05, 4.69) is 16.3 Å². The van der Waals surface area contributed by atoms with Crippen molar-refractivity contribution in [2.75, 3.05) is 14.1 Å². The number of carbonyl (C=O) groups is 1. The van der Waals surface area contributed by atoms with Gasteiger partial charge in [0.1, 0.15) is 5.75 Å². The zero-order chi connectivity index (χ0) is 18.0. The van der Waals surface area contributed by atoms with E-state index in [-0.39, 0.29) is 16.8 Å². The maximum Gasteiger partial charge on any atom is 0.414 e. The second kappa shape index (κ2) is 7.05. The molecule has 24 heavy (non-hydrogen) atoms. The van der Waals surface area contributed by atoms with Crippen LogP contribution in [0.2, 0.25) is 5.15 Å². The van der Waals surface area contributed by atoms with E-state index < -0.39 is 6.09 Å². The number of hydrogen-bond donors (Lipinski definition) is 0. The molecule has 0 saturated heterocycles. The summed E-state index contributed by atoms with van der Waals surface area (Å²) >= 11 is 5.86. The van der Waals surface area contributed by atoms with Crippen LogP contribution < -0.4 is 9.47 Å². The summed E-state index contributed by atoms with van der Waals surface area (Å²) in [5.41, 5.74) is 4.17. The molecule has 1 aromatic heterocycles. The summed E-state index contributed by atoms with van der Waals surface area (Å²) < 4.78 is 11.2. The molecule has 0 bridgehead atoms. The van der Waals surface area contributed by atoms with Gasteiger partial charge in [-0.2, -0.15) is 0 Å². The van der Waals surface area contributed by atoms with Crippen molar-refractivity contribution in [2.24, 2.45) is 0 Å². The maximum atomic E-state index is 11.8. The molecule has 0 fully saturated rings. The Bertz CT molecular complexity index is 765. The Kier molecular flexibility index (Phi) is 5.29. The smallest absolute Gasteiger partial charge is 0.414 e. The van der Waals surface area contributed by atoms with Crippen molar-refractivity contribution < 1.29 is 14.3 Å². The molecule has 0 aliphatic rings. The first-order valence-electron chi connectivity index (χ1n) is 7.38. The molecule has 2 aromatic rings. The normalized spacial score (nSPS) is 10.5. The minimum atomic E-state index is -0.558. The molecule has 128 valence electrons. The molecule has 0 aliphatic carbocycles. The largest absolute Gasteiger partial charge is 0.434 e. The first-order valence-corrected chi connectivity index (χ1v) is 7.76. The van der Waals surface area contributed by atoms with Gasteiger partial charge in [0.25, 0.3) is 5.88 Å². The van der Waals surface area contributed by atoms with Crippen LogP contribution in [0.4, 0.5) is 4.79 Å². The minimum Gasteiger partial charge on any atom is -0.434 e. The Morgan fingerprint density at radius 1 is 1.04 bits per heavy atom. The summed E-state index contributed by atoms with van der Waals surface area (Å²) in [6, 6.07) is 3.50. The maximum absolute atomic E-state index is 11.8. The quantitative estimate of drug-likeness (QED) is 0.830. The second-order valence-electron chi connectivity index (χ2n) is 5.79. The van der Waals surface area contributed by atoms with Crippen molar-refractivity contribution in [3.8, 4) is 17.4 Å². The highest BCUT2D eigenvalue weighted by atomic mass is 35.5. The van der Waals surface area contributed by atoms with E-state index in [9.17, 15) is 4.79 Å². The van der Waals surface area contributed by atoms with Crippen molar-refractivity contribution in [3.05, 3.63) is 39.5 Å². The van der Waals surface area contributed by atoms with Gasteiger partial charge in [-0.25, -0.2) is 4.79 Å². The van der Waals surface area contributed by atoms with Gasteiger partial charge in [0.15, 0.2) is 10.9 Å². The lowest BCUT2D eigenvalue weighted by Crippen LogP contribution is -2.25. The van der Waals surface area contributed by atoms with E-state index in [0.717, 1.165) is 22.3 Å². The second-order valence-corrected chi connectivity index (χ2v) is 6.18. The molecule has 0 unspecified atom stereocenters. The standard InChI is InChI=1S/C17H20ClN3O3/c1-9-7-10(2)12(4)15(11(9)3)24-16-13(8-14(18)19-20-16)23-17(22)21(5)6/h7-8H,1-6H3. The average molecular weight is 350 g/mol. The lowest BCUT2D eigenvalue weighted by atomic mass is 10.0. The van der Waals surface area contributed by atoms with E-state index in [4.69, 9.17) is 21.1 Å². The lowest BCUT2D eigenvalue weighted by Gasteiger charge is -2.17. The number of ether oxygens (including phenoxy) is 2. The first-order chi connectivity index (χ1) is 11.2. The number of carbonyl (C=O) groups excluding carboxylic acids is 1. The van der Waals surface area contributed by atoms with Crippen molar-refractivity contribution in [2.45, 2.75) is 27.7 Å². The third-order valence-electron chi connectivity index (χ3n) is 3.76. The van der Waals surface area contributed by atoms with E-state index in [1.807, 2.05) is 27.7 Å².